The smallest absolute Gasteiger partial charge is 0.246 e. The second-order valence-corrected chi connectivity index (χ2v) is 8.98. The van der Waals surface area contributed by atoms with Crippen LogP contribution in [0.15, 0.2) is 47.4 Å². The molecule has 2 aromatic rings. The molecule has 1 heterocycles. The van der Waals surface area contributed by atoms with Crippen molar-refractivity contribution in [3.8, 4) is 0 Å². The van der Waals surface area contributed by atoms with Crippen LogP contribution in [-0.2, 0) is 14.8 Å². The number of nitrogens with zero attached hydrogens (tertiary/aromatic N) is 2. The average molecular weight is 446 g/mol. The van der Waals surface area contributed by atoms with Crippen LogP contribution in [0.4, 0.5) is 10.1 Å². The Labute approximate surface area is 172 Å². The van der Waals surface area contributed by atoms with Crippen molar-refractivity contribution in [1.29, 1.82) is 0 Å². The lowest BCUT2D eigenvalue weighted by atomic mass is 10.3. The van der Waals surface area contributed by atoms with Crippen molar-refractivity contribution in [1.82, 2.24) is 9.21 Å². The maximum atomic E-state index is 12.9. The first-order valence-electron chi connectivity index (χ1n) is 8.49. The lowest BCUT2D eigenvalue weighted by molar-refractivity contribution is -0.117. The largest absolute Gasteiger partial charge is 0.325 e. The summed E-state index contributed by atoms with van der Waals surface area (Å²) in [5, 5.41) is 2.84. The van der Waals surface area contributed by atoms with Crippen LogP contribution in [0.1, 0.15) is 0 Å². The molecule has 1 fully saturated rings. The van der Waals surface area contributed by atoms with Gasteiger partial charge in [-0.25, -0.2) is 12.8 Å². The van der Waals surface area contributed by atoms with Crippen LogP contribution < -0.4 is 5.32 Å². The minimum atomic E-state index is -3.82. The van der Waals surface area contributed by atoms with Crippen molar-refractivity contribution in [2.24, 2.45) is 0 Å². The third-order valence-corrected chi connectivity index (χ3v) is 7.20. The first kappa shape index (κ1) is 21.0. The number of benzene rings is 2. The van der Waals surface area contributed by atoms with Gasteiger partial charge in [-0.05, 0) is 36.4 Å². The summed E-state index contributed by atoms with van der Waals surface area (Å²) in [6.45, 7) is 1.32. The van der Waals surface area contributed by atoms with Crippen LogP contribution in [0.5, 0.6) is 0 Å². The molecule has 1 amide bonds. The van der Waals surface area contributed by atoms with Crippen LogP contribution in [0.25, 0.3) is 0 Å². The van der Waals surface area contributed by atoms with Crippen molar-refractivity contribution < 1.29 is 17.6 Å². The number of nitrogens with one attached hydrogen (secondary N) is 1. The maximum Gasteiger partial charge on any atom is 0.246 e. The first-order chi connectivity index (χ1) is 13.3. The molecular formula is C18H18Cl2FN3O3S. The Hall–Kier alpha value is -1.71. The molecule has 2 aromatic carbocycles. The Morgan fingerprint density at radius 2 is 1.57 bits per heavy atom. The van der Waals surface area contributed by atoms with E-state index in [-0.39, 0.29) is 46.3 Å². The van der Waals surface area contributed by atoms with E-state index in [1.807, 2.05) is 4.90 Å². The highest BCUT2D eigenvalue weighted by molar-refractivity contribution is 7.89. The lowest BCUT2D eigenvalue weighted by Gasteiger charge is -2.33. The Morgan fingerprint density at radius 3 is 2.14 bits per heavy atom. The van der Waals surface area contributed by atoms with E-state index in [0.717, 1.165) is 0 Å². The molecule has 10 heteroatoms. The molecule has 0 aromatic heterocycles. The molecule has 0 atom stereocenters. The Kier molecular flexibility index (Phi) is 6.57. The van der Waals surface area contributed by atoms with Gasteiger partial charge in [0.1, 0.15) is 10.7 Å². The predicted molar refractivity (Wildman–Crippen MR) is 107 cm³/mol. The van der Waals surface area contributed by atoms with E-state index in [4.69, 9.17) is 23.2 Å². The number of rotatable bonds is 5. The Balaban J connectivity index is 1.58. The number of halogens is 3. The summed E-state index contributed by atoms with van der Waals surface area (Å²) < 4.78 is 39.9. The zero-order valence-corrected chi connectivity index (χ0v) is 17.1. The summed E-state index contributed by atoms with van der Waals surface area (Å²) in [6, 6.07) is 10.0. The molecule has 0 bridgehead atoms. The summed E-state index contributed by atoms with van der Waals surface area (Å²) in [4.78, 5) is 13.9. The number of amides is 1. The second-order valence-electron chi connectivity index (χ2n) is 6.29. The number of sulfonamides is 1. The Bertz CT molecular complexity index is 942. The summed E-state index contributed by atoms with van der Waals surface area (Å²) in [5.41, 5.74) is 0.501. The van der Waals surface area contributed by atoms with Gasteiger partial charge in [0.05, 0.1) is 16.6 Å². The fourth-order valence-corrected chi connectivity index (χ4v) is 5.44. The quantitative estimate of drug-likeness (QED) is 0.767. The van der Waals surface area contributed by atoms with Crippen LogP contribution in [-0.4, -0.2) is 56.3 Å². The molecule has 1 N–H and O–H groups in total. The maximum absolute atomic E-state index is 12.9. The zero-order chi connectivity index (χ0) is 20.3. The molecule has 3 rings (SSSR count). The van der Waals surface area contributed by atoms with Gasteiger partial charge in [-0.3, -0.25) is 9.69 Å². The monoisotopic (exact) mass is 445 g/mol. The van der Waals surface area contributed by atoms with E-state index in [9.17, 15) is 17.6 Å². The van der Waals surface area contributed by atoms with E-state index in [2.05, 4.69) is 5.32 Å². The van der Waals surface area contributed by atoms with Gasteiger partial charge in [0.2, 0.25) is 15.9 Å². The van der Waals surface area contributed by atoms with Gasteiger partial charge in [-0.15, -0.1) is 0 Å². The molecule has 1 aliphatic rings. The molecule has 1 saturated heterocycles. The molecule has 0 saturated carbocycles. The summed E-state index contributed by atoms with van der Waals surface area (Å²) >= 11 is 12.1. The van der Waals surface area contributed by atoms with Gasteiger partial charge in [0, 0.05) is 31.9 Å². The fourth-order valence-electron chi connectivity index (χ4n) is 2.92. The summed E-state index contributed by atoms with van der Waals surface area (Å²) in [5.74, 6) is -0.633. The summed E-state index contributed by atoms with van der Waals surface area (Å²) in [7, 11) is -3.82. The highest BCUT2D eigenvalue weighted by Gasteiger charge is 2.32. The summed E-state index contributed by atoms with van der Waals surface area (Å²) in [6.07, 6.45) is 0. The van der Waals surface area contributed by atoms with Gasteiger partial charge in [-0.1, -0.05) is 29.3 Å². The number of hydrogen-bond donors (Lipinski definition) is 1. The van der Waals surface area contributed by atoms with Crippen molar-refractivity contribution >= 4 is 44.8 Å². The zero-order valence-electron chi connectivity index (χ0n) is 14.7. The van der Waals surface area contributed by atoms with Crippen molar-refractivity contribution in [2.45, 2.75) is 4.90 Å². The SMILES string of the molecule is O=C(CN1CCN(S(=O)(=O)c2c(Cl)cccc2Cl)CC1)Nc1ccc(F)cc1. The van der Waals surface area contributed by atoms with Gasteiger partial charge in [0.15, 0.2) is 0 Å². The van der Waals surface area contributed by atoms with Gasteiger partial charge in [-0.2, -0.15) is 4.31 Å². The Morgan fingerprint density at radius 1 is 1.00 bits per heavy atom. The topological polar surface area (TPSA) is 69.7 Å². The predicted octanol–water partition coefficient (Wildman–Crippen LogP) is 3.08. The molecule has 1 aliphatic heterocycles. The van der Waals surface area contributed by atoms with Crippen LogP contribution in [0.2, 0.25) is 10.0 Å². The van der Waals surface area contributed by atoms with Crippen LogP contribution in [0, 0.1) is 5.82 Å². The number of carbonyl (C=O) groups is 1. The molecule has 0 spiro atoms. The lowest BCUT2D eigenvalue weighted by Crippen LogP contribution is -2.50. The van der Waals surface area contributed by atoms with Crippen LogP contribution >= 0.6 is 23.2 Å². The van der Waals surface area contributed by atoms with Gasteiger partial charge < -0.3 is 5.32 Å². The minimum Gasteiger partial charge on any atom is -0.325 e. The minimum absolute atomic E-state index is 0.0774. The molecule has 0 aliphatic carbocycles. The van der Waals surface area contributed by atoms with Gasteiger partial charge >= 0.3 is 0 Å². The van der Waals surface area contributed by atoms with E-state index in [0.29, 0.717) is 18.8 Å². The van der Waals surface area contributed by atoms with E-state index in [1.54, 1.807) is 6.07 Å². The standard InChI is InChI=1S/C18H18Cl2FN3O3S/c19-15-2-1-3-16(20)18(15)28(26,27)24-10-8-23(9-11-24)12-17(25)22-14-6-4-13(21)5-7-14/h1-7H,8-12H2,(H,22,25). The normalized spacial score (nSPS) is 16.1. The molecule has 0 unspecified atom stereocenters. The third-order valence-electron chi connectivity index (χ3n) is 4.34. The van der Waals surface area contributed by atoms with E-state index < -0.39 is 10.0 Å². The number of carbonyl (C=O) groups excluding carboxylic acids is 1. The average Bonchev–Trinajstić information content (AvgIpc) is 2.64. The fraction of sp³-hybridized carbons (Fsp3) is 0.278. The first-order valence-corrected chi connectivity index (χ1v) is 10.7. The van der Waals surface area contributed by atoms with Gasteiger partial charge in [0.25, 0.3) is 0 Å². The van der Waals surface area contributed by atoms with Crippen molar-refractivity contribution in [2.75, 3.05) is 38.0 Å². The third kappa shape index (κ3) is 4.82. The molecule has 150 valence electrons. The van der Waals surface area contributed by atoms with E-state index in [1.165, 1.54) is 40.7 Å². The van der Waals surface area contributed by atoms with Crippen molar-refractivity contribution in [3.05, 3.63) is 58.3 Å². The second kappa shape index (κ2) is 8.75. The number of anilines is 1. The number of hydrogen-bond acceptors (Lipinski definition) is 4. The molecular weight excluding hydrogens is 428 g/mol. The highest BCUT2D eigenvalue weighted by Crippen LogP contribution is 2.31. The van der Waals surface area contributed by atoms with Crippen molar-refractivity contribution in [3.63, 3.8) is 0 Å². The molecule has 6 nitrogen and oxygen atoms in total. The highest BCUT2D eigenvalue weighted by atomic mass is 35.5. The van der Waals surface area contributed by atoms with Crippen LogP contribution in [0.3, 0.4) is 0 Å². The van der Waals surface area contributed by atoms with E-state index >= 15 is 0 Å². The molecule has 28 heavy (non-hydrogen) atoms. The number of piperazine rings is 1. The molecule has 0 radical (unpaired) electrons.